The lowest BCUT2D eigenvalue weighted by atomic mass is 9.98. The van der Waals surface area contributed by atoms with E-state index >= 15 is 0 Å². The smallest absolute Gasteiger partial charge is 0.123 e. The van der Waals surface area contributed by atoms with Crippen molar-refractivity contribution in [1.29, 1.82) is 0 Å². The summed E-state index contributed by atoms with van der Waals surface area (Å²) in [7, 11) is 0. The zero-order chi connectivity index (χ0) is 13.8. The van der Waals surface area contributed by atoms with E-state index in [2.05, 4.69) is 19.1 Å². The van der Waals surface area contributed by atoms with Gasteiger partial charge in [0.05, 0.1) is 5.38 Å². The predicted octanol–water partition coefficient (Wildman–Crippen LogP) is 5.41. The summed E-state index contributed by atoms with van der Waals surface area (Å²) in [5.41, 5.74) is 4.17. The van der Waals surface area contributed by atoms with Crippen molar-refractivity contribution >= 4 is 11.6 Å². The molecular formula is C17H18ClF. The largest absolute Gasteiger partial charge is 0.207 e. The van der Waals surface area contributed by atoms with Gasteiger partial charge in [-0.25, -0.2) is 4.39 Å². The summed E-state index contributed by atoms with van der Waals surface area (Å²) in [6.07, 6.45) is 2.21. The van der Waals surface area contributed by atoms with Crippen molar-refractivity contribution in [3.63, 3.8) is 0 Å². The Labute approximate surface area is 119 Å². The standard InChI is InChI=1S/C17H18ClF/c1-3-4-13-6-8-14(9-7-13)17(18)16-11-15(19)10-5-12(16)2/h5-11,17H,3-4H2,1-2H3. The van der Waals surface area contributed by atoms with Crippen LogP contribution in [-0.4, -0.2) is 0 Å². The number of halogens is 2. The predicted molar refractivity (Wildman–Crippen MR) is 79.3 cm³/mol. The first-order valence-corrected chi connectivity index (χ1v) is 7.04. The minimum Gasteiger partial charge on any atom is -0.207 e. The minimum atomic E-state index is -0.300. The highest BCUT2D eigenvalue weighted by Crippen LogP contribution is 2.31. The molecule has 1 unspecified atom stereocenters. The molecule has 0 saturated heterocycles. The van der Waals surface area contributed by atoms with Gasteiger partial charge in [0.15, 0.2) is 0 Å². The maximum absolute atomic E-state index is 13.3. The van der Waals surface area contributed by atoms with Crippen LogP contribution in [0.25, 0.3) is 0 Å². The summed E-state index contributed by atoms with van der Waals surface area (Å²) in [6.45, 7) is 4.12. The summed E-state index contributed by atoms with van der Waals surface area (Å²) in [6, 6.07) is 13.0. The number of aryl methyl sites for hydroxylation is 2. The number of alkyl halides is 1. The highest BCUT2D eigenvalue weighted by Gasteiger charge is 2.13. The average Bonchev–Trinajstić information content (AvgIpc) is 2.42. The molecule has 2 aromatic carbocycles. The van der Waals surface area contributed by atoms with E-state index in [9.17, 15) is 4.39 Å². The molecule has 2 aromatic rings. The van der Waals surface area contributed by atoms with E-state index in [4.69, 9.17) is 11.6 Å². The van der Waals surface area contributed by atoms with Gasteiger partial charge in [0.2, 0.25) is 0 Å². The van der Waals surface area contributed by atoms with Gasteiger partial charge in [-0.05, 0) is 47.7 Å². The lowest BCUT2D eigenvalue weighted by Gasteiger charge is -2.14. The zero-order valence-electron chi connectivity index (χ0n) is 11.3. The third-order valence-electron chi connectivity index (χ3n) is 3.33. The fourth-order valence-corrected chi connectivity index (χ4v) is 2.59. The number of rotatable bonds is 4. The van der Waals surface area contributed by atoms with Crippen molar-refractivity contribution in [2.45, 2.75) is 32.1 Å². The third-order valence-corrected chi connectivity index (χ3v) is 3.81. The lowest BCUT2D eigenvalue weighted by molar-refractivity contribution is 0.625. The van der Waals surface area contributed by atoms with Crippen LogP contribution in [0.3, 0.4) is 0 Å². The van der Waals surface area contributed by atoms with Gasteiger partial charge in [-0.2, -0.15) is 0 Å². The molecule has 2 heteroatoms. The first-order valence-electron chi connectivity index (χ1n) is 6.60. The molecule has 0 N–H and O–H groups in total. The first-order chi connectivity index (χ1) is 9.11. The van der Waals surface area contributed by atoms with Crippen molar-refractivity contribution in [1.82, 2.24) is 0 Å². The van der Waals surface area contributed by atoms with E-state index in [-0.39, 0.29) is 11.2 Å². The number of hydrogen-bond donors (Lipinski definition) is 0. The zero-order valence-corrected chi connectivity index (χ0v) is 12.0. The molecule has 1 atom stereocenters. The molecule has 0 nitrogen and oxygen atoms in total. The van der Waals surface area contributed by atoms with Crippen LogP contribution in [0.5, 0.6) is 0 Å². The van der Waals surface area contributed by atoms with Crippen LogP contribution in [-0.2, 0) is 6.42 Å². The van der Waals surface area contributed by atoms with Crippen LogP contribution < -0.4 is 0 Å². The van der Waals surface area contributed by atoms with E-state index in [1.54, 1.807) is 6.07 Å². The maximum atomic E-state index is 13.3. The van der Waals surface area contributed by atoms with Gasteiger partial charge in [0.25, 0.3) is 0 Å². The third kappa shape index (κ3) is 3.36. The molecule has 2 rings (SSSR count). The summed E-state index contributed by atoms with van der Waals surface area (Å²) in [5, 5.41) is -0.300. The summed E-state index contributed by atoms with van der Waals surface area (Å²) in [4.78, 5) is 0. The van der Waals surface area contributed by atoms with Gasteiger partial charge in [-0.1, -0.05) is 43.7 Å². The van der Waals surface area contributed by atoms with Crippen molar-refractivity contribution in [3.8, 4) is 0 Å². The molecule has 0 fully saturated rings. The summed E-state index contributed by atoms with van der Waals surface area (Å²) < 4.78 is 13.3. The van der Waals surface area contributed by atoms with E-state index in [0.29, 0.717) is 0 Å². The Kier molecular flexibility index (Phi) is 4.60. The van der Waals surface area contributed by atoms with Crippen LogP contribution >= 0.6 is 11.6 Å². The van der Waals surface area contributed by atoms with Crippen LogP contribution in [0.2, 0.25) is 0 Å². The Morgan fingerprint density at radius 2 is 1.79 bits per heavy atom. The fraction of sp³-hybridized carbons (Fsp3) is 0.294. The molecule has 0 aromatic heterocycles. The highest BCUT2D eigenvalue weighted by molar-refractivity contribution is 6.22. The van der Waals surface area contributed by atoms with Crippen molar-refractivity contribution < 1.29 is 4.39 Å². The van der Waals surface area contributed by atoms with E-state index < -0.39 is 0 Å². The molecule has 100 valence electrons. The molecule has 0 aliphatic carbocycles. The van der Waals surface area contributed by atoms with Crippen molar-refractivity contribution in [2.24, 2.45) is 0 Å². The van der Waals surface area contributed by atoms with Gasteiger partial charge in [0.1, 0.15) is 5.82 Å². The van der Waals surface area contributed by atoms with E-state index in [1.807, 2.05) is 19.1 Å². The van der Waals surface area contributed by atoms with E-state index in [1.165, 1.54) is 17.7 Å². The molecule has 0 bridgehead atoms. The number of hydrogen-bond acceptors (Lipinski definition) is 0. The fourth-order valence-electron chi connectivity index (χ4n) is 2.21. The molecule has 0 radical (unpaired) electrons. The Hall–Kier alpha value is -1.34. The highest BCUT2D eigenvalue weighted by atomic mass is 35.5. The van der Waals surface area contributed by atoms with Crippen LogP contribution in [0, 0.1) is 12.7 Å². The minimum absolute atomic E-state index is 0.242. The normalized spacial score (nSPS) is 12.4. The Bertz CT molecular complexity index is 546. The molecule has 0 spiro atoms. The molecule has 0 heterocycles. The molecule has 19 heavy (non-hydrogen) atoms. The molecule has 0 aliphatic heterocycles. The second kappa shape index (κ2) is 6.21. The lowest BCUT2D eigenvalue weighted by Crippen LogP contribution is -1.97. The van der Waals surface area contributed by atoms with Crippen molar-refractivity contribution in [2.75, 3.05) is 0 Å². The van der Waals surface area contributed by atoms with Crippen molar-refractivity contribution in [3.05, 3.63) is 70.5 Å². The van der Waals surface area contributed by atoms with Gasteiger partial charge < -0.3 is 0 Å². The Balaban J connectivity index is 2.27. The number of benzene rings is 2. The molecule has 0 amide bonds. The van der Waals surface area contributed by atoms with Gasteiger partial charge in [-0.15, -0.1) is 11.6 Å². The second-order valence-corrected chi connectivity index (χ2v) is 5.29. The molecular weight excluding hydrogens is 259 g/mol. The average molecular weight is 277 g/mol. The molecule has 0 aliphatic rings. The maximum Gasteiger partial charge on any atom is 0.123 e. The van der Waals surface area contributed by atoms with Gasteiger partial charge >= 0.3 is 0 Å². The second-order valence-electron chi connectivity index (χ2n) is 4.86. The van der Waals surface area contributed by atoms with E-state index in [0.717, 1.165) is 29.5 Å². The monoisotopic (exact) mass is 276 g/mol. The topological polar surface area (TPSA) is 0 Å². The van der Waals surface area contributed by atoms with Gasteiger partial charge in [-0.3, -0.25) is 0 Å². The van der Waals surface area contributed by atoms with Crippen LogP contribution in [0.15, 0.2) is 42.5 Å². The van der Waals surface area contributed by atoms with Crippen LogP contribution in [0.4, 0.5) is 4.39 Å². The molecule has 0 saturated carbocycles. The quantitative estimate of drug-likeness (QED) is 0.655. The first kappa shape index (κ1) is 14.1. The SMILES string of the molecule is CCCc1ccc(C(Cl)c2cc(F)ccc2C)cc1. The van der Waals surface area contributed by atoms with Gasteiger partial charge in [0, 0.05) is 0 Å². The Morgan fingerprint density at radius 3 is 2.42 bits per heavy atom. The summed E-state index contributed by atoms with van der Waals surface area (Å²) >= 11 is 6.47. The Morgan fingerprint density at radius 1 is 1.11 bits per heavy atom. The summed E-state index contributed by atoms with van der Waals surface area (Å²) in [5.74, 6) is -0.242. The van der Waals surface area contributed by atoms with Crippen LogP contribution in [0.1, 0.15) is 41.0 Å².